The fourth-order valence-corrected chi connectivity index (χ4v) is 5.94. The van der Waals surface area contributed by atoms with Gasteiger partial charge in [0, 0.05) is 50.2 Å². The van der Waals surface area contributed by atoms with Crippen LogP contribution in [0.25, 0.3) is 22.6 Å². The maximum Gasteiger partial charge on any atom is 0.225 e. The fraction of sp³-hybridized carbons (Fsp3) is 0.400. The molecule has 2 aliphatic heterocycles. The molecule has 0 saturated carbocycles. The molecule has 5 heterocycles. The molecule has 6 rings (SSSR count). The summed E-state index contributed by atoms with van der Waals surface area (Å²) in [6, 6.07) is 16.9. The quantitative estimate of drug-likeness (QED) is 0.396. The van der Waals surface area contributed by atoms with E-state index in [2.05, 4.69) is 55.5 Å². The van der Waals surface area contributed by atoms with Crippen molar-refractivity contribution >= 4 is 16.9 Å². The van der Waals surface area contributed by atoms with Gasteiger partial charge in [0.15, 0.2) is 5.82 Å². The summed E-state index contributed by atoms with van der Waals surface area (Å²) >= 11 is 0. The molecule has 0 aliphatic carbocycles. The van der Waals surface area contributed by atoms with Crippen molar-refractivity contribution in [2.45, 2.75) is 45.2 Å². The number of aromatic nitrogens is 4. The number of fused-ring (bicyclic) bond motifs is 1. The van der Waals surface area contributed by atoms with Crippen LogP contribution >= 0.6 is 0 Å². The molecule has 2 fully saturated rings. The average molecular weight is 495 g/mol. The summed E-state index contributed by atoms with van der Waals surface area (Å²) in [5.74, 6) is 1.41. The standard InChI is InChI=1S/C30H34N6O/c1-22-7-8-28-27(19-22)33-29(26-6-2-3-14-32-26)36(28)25-11-17-35(18-12-25)30(37)24-9-15-34(16-10-24)21-23-5-4-13-31-20-23/h2-8,13-14,19-20,24-25H,9-12,15-18,21H2,1H3. The van der Waals surface area contributed by atoms with Crippen LogP contribution in [0.5, 0.6) is 0 Å². The molecule has 190 valence electrons. The van der Waals surface area contributed by atoms with Crippen LogP contribution in [0.15, 0.2) is 67.1 Å². The number of piperidine rings is 2. The Morgan fingerprint density at radius 1 is 0.946 bits per heavy atom. The normalized spacial score (nSPS) is 17.9. The molecular weight excluding hydrogens is 460 g/mol. The second kappa shape index (κ2) is 10.4. The monoisotopic (exact) mass is 494 g/mol. The van der Waals surface area contributed by atoms with E-state index in [1.165, 1.54) is 11.1 Å². The van der Waals surface area contributed by atoms with Gasteiger partial charge in [0.05, 0.1) is 11.0 Å². The van der Waals surface area contributed by atoms with Crippen LogP contribution in [-0.4, -0.2) is 61.4 Å². The first-order chi connectivity index (χ1) is 18.2. The number of hydrogen-bond donors (Lipinski definition) is 0. The lowest BCUT2D eigenvalue weighted by atomic mass is 9.93. The van der Waals surface area contributed by atoms with Crippen LogP contribution in [0.2, 0.25) is 0 Å². The molecule has 0 atom stereocenters. The van der Waals surface area contributed by atoms with Gasteiger partial charge in [0.1, 0.15) is 5.69 Å². The van der Waals surface area contributed by atoms with Crippen molar-refractivity contribution in [3.8, 4) is 11.5 Å². The van der Waals surface area contributed by atoms with E-state index in [9.17, 15) is 4.79 Å². The maximum atomic E-state index is 13.4. The highest BCUT2D eigenvalue weighted by atomic mass is 16.2. The number of likely N-dealkylation sites (tertiary alicyclic amines) is 2. The third-order valence-corrected chi connectivity index (χ3v) is 7.95. The minimum absolute atomic E-state index is 0.142. The molecule has 0 N–H and O–H groups in total. The zero-order valence-corrected chi connectivity index (χ0v) is 21.5. The second-order valence-electron chi connectivity index (χ2n) is 10.5. The van der Waals surface area contributed by atoms with Crippen LogP contribution in [0.1, 0.15) is 42.9 Å². The zero-order chi connectivity index (χ0) is 25.2. The van der Waals surface area contributed by atoms with E-state index in [0.29, 0.717) is 11.9 Å². The van der Waals surface area contributed by atoms with Crippen molar-refractivity contribution in [1.29, 1.82) is 0 Å². The molecule has 7 nitrogen and oxygen atoms in total. The molecule has 0 spiro atoms. The first-order valence-electron chi connectivity index (χ1n) is 13.5. The SMILES string of the molecule is Cc1ccc2c(c1)nc(-c1ccccn1)n2C1CCN(C(=O)C2CCN(Cc3cccnc3)CC2)CC1. The maximum absolute atomic E-state index is 13.4. The number of benzene rings is 1. The molecule has 0 unspecified atom stereocenters. The van der Waals surface area contributed by atoms with E-state index in [1.807, 2.05) is 42.9 Å². The summed E-state index contributed by atoms with van der Waals surface area (Å²) in [6.45, 7) is 6.55. The summed E-state index contributed by atoms with van der Waals surface area (Å²) in [5, 5.41) is 0. The number of nitrogens with zero attached hydrogens (tertiary/aromatic N) is 6. The molecule has 3 aromatic heterocycles. The Labute approximate surface area is 218 Å². The summed E-state index contributed by atoms with van der Waals surface area (Å²) in [6.07, 6.45) is 9.32. The van der Waals surface area contributed by atoms with Crippen LogP contribution in [-0.2, 0) is 11.3 Å². The van der Waals surface area contributed by atoms with Gasteiger partial charge in [-0.15, -0.1) is 0 Å². The Balaban J connectivity index is 1.12. The molecular formula is C30H34N6O. The summed E-state index contributed by atoms with van der Waals surface area (Å²) < 4.78 is 2.37. The van der Waals surface area contributed by atoms with Crippen LogP contribution in [0, 0.1) is 12.8 Å². The van der Waals surface area contributed by atoms with Crippen molar-refractivity contribution in [2.75, 3.05) is 26.2 Å². The number of hydrogen-bond acceptors (Lipinski definition) is 5. The summed E-state index contributed by atoms with van der Waals surface area (Å²) in [7, 11) is 0. The van der Waals surface area contributed by atoms with Gasteiger partial charge in [-0.2, -0.15) is 0 Å². The van der Waals surface area contributed by atoms with Gasteiger partial charge in [-0.1, -0.05) is 18.2 Å². The van der Waals surface area contributed by atoms with Crippen molar-refractivity contribution < 1.29 is 4.79 Å². The van der Waals surface area contributed by atoms with Crippen LogP contribution < -0.4 is 0 Å². The van der Waals surface area contributed by atoms with Crippen molar-refractivity contribution in [2.24, 2.45) is 5.92 Å². The smallest absolute Gasteiger partial charge is 0.225 e. The van der Waals surface area contributed by atoms with Crippen molar-refractivity contribution in [3.05, 3.63) is 78.2 Å². The topological polar surface area (TPSA) is 67.2 Å². The number of pyridine rings is 2. The van der Waals surface area contributed by atoms with Crippen molar-refractivity contribution in [3.63, 3.8) is 0 Å². The molecule has 2 aliphatic rings. The van der Waals surface area contributed by atoms with E-state index in [4.69, 9.17) is 4.98 Å². The molecule has 7 heteroatoms. The van der Waals surface area contributed by atoms with Crippen molar-refractivity contribution in [1.82, 2.24) is 29.3 Å². The zero-order valence-electron chi connectivity index (χ0n) is 21.5. The molecule has 0 bridgehead atoms. The van der Waals surface area contributed by atoms with Gasteiger partial charge in [0.2, 0.25) is 5.91 Å². The number of aryl methyl sites for hydroxylation is 1. The Hall–Kier alpha value is -3.58. The van der Waals surface area contributed by atoms with Crippen LogP contribution in [0.3, 0.4) is 0 Å². The largest absolute Gasteiger partial charge is 0.342 e. The first-order valence-corrected chi connectivity index (χ1v) is 13.5. The third-order valence-electron chi connectivity index (χ3n) is 7.95. The number of amides is 1. The van der Waals surface area contributed by atoms with E-state index in [-0.39, 0.29) is 5.92 Å². The Morgan fingerprint density at radius 3 is 2.51 bits per heavy atom. The van der Waals surface area contributed by atoms with Gasteiger partial charge < -0.3 is 9.47 Å². The third kappa shape index (κ3) is 5.01. The van der Waals surface area contributed by atoms with Gasteiger partial charge in [0.25, 0.3) is 0 Å². The Kier molecular flexibility index (Phi) is 6.70. The van der Waals surface area contributed by atoms with E-state index in [0.717, 1.165) is 81.0 Å². The fourth-order valence-electron chi connectivity index (χ4n) is 5.94. The number of carbonyl (C=O) groups excluding carboxylic acids is 1. The molecule has 1 amide bonds. The molecule has 2 saturated heterocycles. The molecule has 1 aromatic carbocycles. The van der Waals surface area contributed by atoms with E-state index >= 15 is 0 Å². The molecule has 4 aromatic rings. The lowest BCUT2D eigenvalue weighted by Gasteiger charge is -2.38. The highest BCUT2D eigenvalue weighted by Crippen LogP contribution is 2.34. The lowest BCUT2D eigenvalue weighted by molar-refractivity contribution is -0.138. The van der Waals surface area contributed by atoms with Gasteiger partial charge in [-0.05, 0) is 87.2 Å². The van der Waals surface area contributed by atoms with Crippen LogP contribution in [0.4, 0.5) is 0 Å². The summed E-state index contributed by atoms with van der Waals surface area (Å²) in [5.41, 5.74) is 5.50. The number of carbonyl (C=O) groups is 1. The first kappa shape index (κ1) is 23.8. The minimum atomic E-state index is 0.142. The number of rotatable bonds is 5. The highest BCUT2D eigenvalue weighted by molar-refractivity contribution is 5.81. The van der Waals surface area contributed by atoms with Gasteiger partial charge in [-0.25, -0.2) is 4.98 Å². The van der Waals surface area contributed by atoms with E-state index < -0.39 is 0 Å². The van der Waals surface area contributed by atoms with Gasteiger partial charge >= 0.3 is 0 Å². The molecule has 0 radical (unpaired) electrons. The van der Waals surface area contributed by atoms with E-state index in [1.54, 1.807) is 0 Å². The predicted molar refractivity (Wildman–Crippen MR) is 145 cm³/mol. The Morgan fingerprint density at radius 2 is 1.78 bits per heavy atom. The average Bonchev–Trinajstić information content (AvgIpc) is 3.33. The predicted octanol–water partition coefficient (Wildman–Crippen LogP) is 4.88. The second-order valence-corrected chi connectivity index (χ2v) is 10.5. The molecule has 37 heavy (non-hydrogen) atoms. The van der Waals surface area contributed by atoms with Gasteiger partial charge in [-0.3, -0.25) is 19.7 Å². The minimum Gasteiger partial charge on any atom is -0.342 e. The lowest BCUT2D eigenvalue weighted by Crippen LogP contribution is -2.45. The summed E-state index contributed by atoms with van der Waals surface area (Å²) in [4.78, 5) is 31.8. The highest BCUT2D eigenvalue weighted by Gasteiger charge is 2.32. The Bertz CT molecular complexity index is 1350. The number of imidazole rings is 1.